The van der Waals surface area contributed by atoms with E-state index < -0.39 is 0 Å². The van der Waals surface area contributed by atoms with Crippen molar-refractivity contribution in [2.75, 3.05) is 0 Å². The van der Waals surface area contributed by atoms with Gasteiger partial charge in [0.15, 0.2) is 11.5 Å². The Balaban J connectivity index is 1.43. The number of pyridine rings is 2. The predicted molar refractivity (Wildman–Crippen MR) is 117 cm³/mol. The summed E-state index contributed by atoms with van der Waals surface area (Å²) in [6, 6.07) is 19.7. The maximum Gasteiger partial charge on any atom is 0.272 e. The van der Waals surface area contributed by atoms with E-state index in [9.17, 15) is 4.79 Å². The smallest absolute Gasteiger partial charge is 0.272 e. The van der Waals surface area contributed by atoms with Gasteiger partial charge in [-0.2, -0.15) is 0 Å². The Morgan fingerprint density at radius 3 is 2.65 bits per heavy atom. The summed E-state index contributed by atoms with van der Waals surface area (Å²) in [5.74, 6) is 0.400. The van der Waals surface area contributed by atoms with Crippen molar-refractivity contribution >= 4 is 11.4 Å². The highest BCUT2D eigenvalue weighted by atomic mass is 16.1. The van der Waals surface area contributed by atoms with Gasteiger partial charge < -0.3 is 9.88 Å². The van der Waals surface area contributed by atoms with Crippen LogP contribution in [0.25, 0.3) is 17.0 Å². The number of hydrogen-bond acceptors (Lipinski definition) is 4. The van der Waals surface area contributed by atoms with E-state index in [0.717, 1.165) is 17.6 Å². The van der Waals surface area contributed by atoms with E-state index in [1.807, 2.05) is 69.9 Å². The summed E-state index contributed by atoms with van der Waals surface area (Å²) in [5.41, 5.74) is 3.94. The van der Waals surface area contributed by atoms with Crippen LogP contribution in [0.1, 0.15) is 21.6 Å². The summed E-state index contributed by atoms with van der Waals surface area (Å²) in [5, 5.41) is 2.93. The summed E-state index contributed by atoms with van der Waals surface area (Å²) in [7, 11) is 0. The number of carbonyl (C=O) groups excluding carboxylic acids is 1. The number of nitrogens with one attached hydrogen (secondary N) is 1. The number of benzene rings is 1. The summed E-state index contributed by atoms with van der Waals surface area (Å²) in [4.78, 5) is 26.2. The lowest BCUT2D eigenvalue weighted by molar-refractivity contribution is 0.0948. The van der Waals surface area contributed by atoms with Crippen molar-refractivity contribution in [3.05, 3.63) is 109 Å². The number of imidazole rings is 2. The van der Waals surface area contributed by atoms with Gasteiger partial charge in [-0.3, -0.25) is 14.2 Å². The molecule has 5 rings (SSSR count). The normalized spacial score (nSPS) is 11.0. The van der Waals surface area contributed by atoms with Gasteiger partial charge in [-0.25, -0.2) is 9.97 Å². The Kier molecular flexibility index (Phi) is 4.98. The molecular formula is C24H20N6O. The second-order valence-corrected chi connectivity index (χ2v) is 7.20. The van der Waals surface area contributed by atoms with Crippen molar-refractivity contribution in [3.8, 4) is 11.5 Å². The van der Waals surface area contributed by atoms with Crippen LogP contribution >= 0.6 is 0 Å². The molecule has 0 aliphatic heterocycles. The van der Waals surface area contributed by atoms with Gasteiger partial charge in [-0.05, 0) is 29.3 Å². The topological polar surface area (TPSA) is 77.1 Å². The first-order valence-electron chi connectivity index (χ1n) is 9.98. The highest BCUT2D eigenvalue weighted by Gasteiger charge is 2.19. The van der Waals surface area contributed by atoms with E-state index in [2.05, 4.69) is 32.4 Å². The number of hydrogen-bond donors (Lipinski definition) is 1. The Morgan fingerprint density at radius 1 is 0.968 bits per heavy atom. The summed E-state index contributed by atoms with van der Waals surface area (Å²) >= 11 is 0. The van der Waals surface area contributed by atoms with Gasteiger partial charge >= 0.3 is 0 Å². The molecule has 4 aromatic heterocycles. The molecule has 0 atom stereocenters. The van der Waals surface area contributed by atoms with Crippen LogP contribution in [0.4, 0.5) is 0 Å². The van der Waals surface area contributed by atoms with Crippen LogP contribution in [0.3, 0.4) is 0 Å². The molecule has 4 heterocycles. The molecule has 5 aromatic rings. The number of amides is 1. The lowest BCUT2D eigenvalue weighted by Gasteiger charge is -2.03. The van der Waals surface area contributed by atoms with Gasteiger partial charge in [-0.1, -0.05) is 42.5 Å². The zero-order valence-corrected chi connectivity index (χ0v) is 16.7. The summed E-state index contributed by atoms with van der Waals surface area (Å²) < 4.78 is 3.91. The van der Waals surface area contributed by atoms with Crippen molar-refractivity contribution < 1.29 is 4.79 Å². The Labute approximate surface area is 179 Å². The standard InChI is InChI=1S/C24H20N6O/c31-24(26-14-19-9-6-11-25-13-19)22-21-10-4-5-12-30(21)23(28-22)20-16-29(17-27-20)15-18-7-2-1-3-8-18/h1-13,16-17H,14-15H2,(H,26,31). The van der Waals surface area contributed by atoms with E-state index in [1.165, 1.54) is 5.56 Å². The molecule has 1 aromatic carbocycles. The van der Waals surface area contributed by atoms with E-state index in [1.54, 1.807) is 18.7 Å². The van der Waals surface area contributed by atoms with E-state index >= 15 is 0 Å². The molecular weight excluding hydrogens is 388 g/mol. The van der Waals surface area contributed by atoms with Crippen molar-refractivity contribution in [3.63, 3.8) is 0 Å². The van der Waals surface area contributed by atoms with Crippen LogP contribution in [0, 0.1) is 0 Å². The average molecular weight is 408 g/mol. The molecule has 1 amide bonds. The van der Waals surface area contributed by atoms with E-state index in [0.29, 0.717) is 23.8 Å². The minimum atomic E-state index is -0.234. The number of fused-ring (bicyclic) bond motifs is 1. The third-order valence-corrected chi connectivity index (χ3v) is 5.01. The fraction of sp³-hybridized carbons (Fsp3) is 0.0833. The number of aromatic nitrogens is 5. The Hall–Kier alpha value is -4.26. The molecule has 7 heteroatoms. The molecule has 0 spiro atoms. The zero-order chi connectivity index (χ0) is 21.0. The lowest BCUT2D eigenvalue weighted by atomic mass is 10.2. The molecule has 7 nitrogen and oxygen atoms in total. The van der Waals surface area contributed by atoms with Crippen LogP contribution < -0.4 is 5.32 Å². The molecule has 1 N–H and O–H groups in total. The molecule has 0 saturated heterocycles. The Morgan fingerprint density at radius 2 is 1.81 bits per heavy atom. The lowest BCUT2D eigenvalue weighted by Crippen LogP contribution is -2.23. The molecule has 0 aliphatic rings. The molecule has 0 saturated carbocycles. The van der Waals surface area contributed by atoms with Gasteiger partial charge in [-0.15, -0.1) is 0 Å². The largest absolute Gasteiger partial charge is 0.346 e. The second-order valence-electron chi connectivity index (χ2n) is 7.20. The molecule has 0 fully saturated rings. The third-order valence-electron chi connectivity index (χ3n) is 5.01. The zero-order valence-electron chi connectivity index (χ0n) is 16.7. The first kappa shape index (κ1) is 18.7. The molecule has 0 unspecified atom stereocenters. The molecule has 0 radical (unpaired) electrons. The molecule has 152 valence electrons. The molecule has 31 heavy (non-hydrogen) atoms. The predicted octanol–water partition coefficient (Wildman–Crippen LogP) is 3.57. The van der Waals surface area contributed by atoms with Gasteiger partial charge in [0.25, 0.3) is 5.91 Å². The van der Waals surface area contributed by atoms with Crippen LogP contribution in [0.15, 0.2) is 91.8 Å². The van der Waals surface area contributed by atoms with Crippen LogP contribution in [-0.2, 0) is 13.1 Å². The monoisotopic (exact) mass is 408 g/mol. The first-order valence-corrected chi connectivity index (χ1v) is 9.98. The molecule has 0 bridgehead atoms. The van der Waals surface area contributed by atoms with Crippen molar-refractivity contribution in [1.82, 2.24) is 29.2 Å². The summed E-state index contributed by atoms with van der Waals surface area (Å²) in [6.07, 6.45) is 9.07. The van der Waals surface area contributed by atoms with Crippen LogP contribution in [0.2, 0.25) is 0 Å². The second kappa shape index (κ2) is 8.23. The first-order chi connectivity index (χ1) is 15.3. The third kappa shape index (κ3) is 3.93. The Bertz CT molecular complexity index is 1320. The highest BCUT2D eigenvalue weighted by molar-refractivity contribution is 5.99. The maximum atomic E-state index is 12.9. The van der Waals surface area contributed by atoms with Crippen molar-refractivity contribution in [2.24, 2.45) is 0 Å². The van der Waals surface area contributed by atoms with Gasteiger partial charge in [0, 0.05) is 37.9 Å². The number of carbonyl (C=O) groups is 1. The van der Waals surface area contributed by atoms with Crippen LogP contribution in [-0.4, -0.2) is 29.8 Å². The summed E-state index contributed by atoms with van der Waals surface area (Å²) in [6.45, 7) is 1.11. The minimum absolute atomic E-state index is 0.234. The number of rotatable bonds is 6. The minimum Gasteiger partial charge on any atom is -0.346 e. The molecule has 0 aliphatic carbocycles. The van der Waals surface area contributed by atoms with Crippen molar-refractivity contribution in [1.29, 1.82) is 0 Å². The van der Waals surface area contributed by atoms with Crippen LogP contribution in [0.5, 0.6) is 0 Å². The fourth-order valence-electron chi connectivity index (χ4n) is 3.51. The fourth-order valence-corrected chi connectivity index (χ4v) is 3.51. The maximum absolute atomic E-state index is 12.9. The van der Waals surface area contributed by atoms with Gasteiger partial charge in [0.05, 0.1) is 11.8 Å². The van der Waals surface area contributed by atoms with Crippen molar-refractivity contribution in [2.45, 2.75) is 13.1 Å². The SMILES string of the molecule is O=C(NCc1cccnc1)c1nc(-c2cn(Cc3ccccc3)cn2)n2ccccc12. The van der Waals surface area contributed by atoms with Gasteiger partial charge in [0.2, 0.25) is 0 Å². The van der Waals surface area contributed by atoms with Gasteiger partial charge in [0.1, 0.15) is 5.69 Å². The number of nitrogens with zero attached hydrogens (tertiary/aromatic N) is 5. The van der Waals surface area contributed by atoms with E-state index in [4.69, 9.17) is 0 Å². The highest BCUT2D eigenvalue weighted by Crippen LogP contribution is 2.22. The van der Waals surface area contributed by atoms with E-state index in [-0.39, 0.29) is 5.91 Å². The quantitative estimate of drug-likeness (QED) is 0.466. The average Bonchev–Trinajstić information content (AvgIpc) is 3.43.